The summed E-state index contributed by atoms with van der Waals surface area (Å²) in [5.74, 6) is -1.64. The topological polar surface area (TPSA) is 115 Å². The fourth-order valence-electron chi connectivity index (χ4n) is 5.02. The molecule has 3 heterocycles. The van der Waals surface area contributed by atoms with Gasteiger partial charge in [-0.25, -0.2) is 13.2 Å². The minimum absolute atomic E-state index is 0.0423. The minimum Gasteiger partial charge on any atom is -0.466 e. The summed E-state index contributed by atoms with van der Waals surface area (Å²) in [5.41, 5.74) is 1.04. The van der Waals surface area contributed by atoms with E-state index in [0.717, 1.165) is 0 Å². The van der Waals surface area contributed by atoms with Gasteiger partial charge in [0.2, 0.25) is 15.9 Å². The van der Waals surface area contributed by atoms with E-state index in [1.165, 1.54) is 4.31 Å². The first kappa shape index (κ1) is 27.2. The number of rotatable bonds is 7. The Hall–Kier alpha value is -2.40. The summed E-state index contributed by atoms with van der Waals surface area (Å²) in [6.07, 6.45) is 2.24. The Balaban J connectivity index is 1.77. The van der Waals surface area contributed by atoms with E-state index in [1.54, 1.807) is 44.2 Å². The lowest BCUT2D eigenvalue weighted by Gasteiger charge is -2.37. The predicted molar refractivity (Wildman–Crippen MR) is 128 cm³/mol. The zero-order valence-corrected chi connectivity index (χ0v) is 22.1. The monoisotopic (exact) mass is 511 g/mol. The van der Waals surface area contributed by atoms with Crippen LogP contribution in [0.5, 0.6) is 0 Å². The molecule has 1 atom stereocenters. The highest BCUT2D eigenvalue weighted by molar-refractivity contribution is 7.89. The zero-order chi connectivity index (χ0) is 25.9. The number of likely N-dealkylation sites (tertiary alicyclic amines) is 1. The fourth-order valence-corrected chi connectivity index (χ4v) is 7.02. The van der Waals surface area contributed by atoms with Crippen molar-refractivity contribution in [3.8, 4) is 0 Å². The SMILES string of the molecule is CCOC(=O)c1c(S(=O)(=O)N2CCC[C@@H](C(=O)N3CCC(C(=O)OCC)CC3)C2)c(C)n(C)c1C. The molecule has 0 spiro atoms. The van der Waals surface area contributed by atoms with Crippen molar-refractivity contribution in [1.29, 1.82) is 0 Å². The summed E-state index contributed by atoms with van der Waals surface area (Å²) in [7, 11) is -2.31. The lowest BCUT2D eigenvalue weighted by atomic mass is 9.93. The second-order valence-corrected chi connectivity index (χ2v) is 11.1. The highest BCUT2D eigenvalue weighted by atomic mass is 32.2. The van der Waals surface area contributed by atoms with E-state index < -0.39 is 21.9 Å². The molecule has 0 aromatic carbocycles. The van der Waals surface area contributed by atoms with Crippen LogP contribution in [0.1, 0.15) is 61.3 Å². The molecule has 1 aromatic rings. The number of nitrogens with zero attached hydrogens (tertiary/aromatic N) is 3. The van der Waals surface area contributed by atoms with Gasteiger partial charge in [0.1, 0.15) is 10.5 Å². The molecule has 2 aliphatic rings. The van der Waals surface area contributed by atoms with E-state index in [4.69, 9.17) is 9.47 Å². The number of ether oxygens (including phenoxy) is 2. The molecule has 196 valence electrons. The Bertz CT molecular complexity index is 1070. The van der Waals surface area contributed by atoms with E-state index >= 15 is 0 Å². The quantitative estimate of drug-likeness (QED) is 0.514. The van der Waals surface area contributed by atoms with Crippen LogP contribution in [0, 0.1) is 25.7 Å². The van der Waals surface area contributed by atoms with Crippen molar-refractivity contribution in [1.82, 2.24) is 13.8 Å². The summed E-state index contributed by atoms with van der Waals surface area (Å²) >= 11 is 0. The summed E-state index contributed by atoms with van der Waals surface area (Å²) in [4.78, 5) is 39.6. The maximum atomic E-state index is 13.8. The first-order valence-electron chi connectivity index (χ1n) is 12.3. The van der Waals surface area contributed by atoms with Gasteiger partial charge in [-0.05, 0) is 53.4 Å². The number of hydrogen-bond acceptors (Lipinski definition) is 7. The Labute approximate surface area is 207 Å². The molecule has 3 rings (SSSR count). The Morgan fingerprint density at radius 2 is 1.54 bits per heavy atom. The molecule has 0 unspecified atom stereocenters. The van der Waals surface area contributed by atoms with Crippen molar-refractivity contribution in [2.45, 2.75) is 58.3 Å². The van der Waals surface area contributed by atoms with Crippen LogP contribution in [0.15, 0.2) is 4.90 Å². The first-order chi connectivity index (χ1) is 16.5. The Morgan fingerprint density at radius 3 is 2.14 bits per heavy atom. The average molecular weight is 512 g/mol. The van der Waals surface area contributed by atoms with Crippen molar-refractivity contribution >= 4 is 27.9 Å². The number of esters is 2. The summed E-state index contributed by atoms with van der Waals surface area (Å²) in [5, 5.41) is 0. The summed E-state index contributed by atoms with van der Waals surface area (Å²) in [6, 6.07) is 0. The number of carbonyl (C=O) groups is 3. The van der Waals surface area contributed by atoms with E-state index in [-0.39, 0.29) is 47.9 Å². The summed E-state index contributed by atoms with van der Waals surface area (Å²) < 4.78 is 40.8. The molecule has 0 N–H and O–H groups in total. The largest absolute Gasteiger partial charge is 0.466 e. The molecule has 1 aromatic heterocycles. The number of amides is 1. The van der Waals surface area contributed by atoms with Crippen molar-refractivity contribution in [2.24, 2.45) is 18.9 Å². The van der Waals surface area contributed by atoms with E-state index in [2.05, 4.69) is 0 Å². The fraction of sp³-hybridized carbons (Fsp3) is 0.708. The standard InChI is InChI=1S/C24H37N3O7S/c1-6-33-23(29)18-10-13-26(14-11-18)22(28)19-9-8-12-27(15-19)35(31,32)21-17(4)25(5)16(3)20(21)24(30)34-7-2/h18-19H,6-15H2,1-5H3/t19-/m1/s1. The number of aromatic nitrogens is 1. The van der Waals surface area contributed by atoms with Crippen molar-refractivity contribution in [3.05, 3.63) is 17.0 Å². The third kappa shape index (κ3) is 5.40. The molecule has 10 nitrogen and oxygen atoms in total. The molecule has 11 heteroatoms. The van der Waals surface area contributed by atoms with Gasteiger partial charge >= 0.3 is 11.9 Å². The van der Waals surface area contributed by atoms with Gasteiger partial charge in [0.15, 0.2) is 0 Å². The number of sulfonamides is 1. The second kappa shape index (κ2) is 11.1. The van der Waals surface area contributed by atoms with Gasteiger partial charge < -0.3 is 18.9 Å². The molecule has 0 radical (unpaired) electrons. The molecular formula is C24H37N3O7S. The molecule has 0 saturated carbocycles. The molecule has 2 saturated heterocycles. The molecule has 1 amide bonds. The van der Waals surface area contributed by atoms with Crippen LogP contribution in [-0.4, -0.2) is 79.4 Å². The van der Waals surface area contributed by atoms with Crippen LogP contribution in [0.3, 0.4) is 0 Å². The van der Waals surface area contributed by atoms with Crippen LogP contribution >= 0.6 is 0 Å². The minimum atomic E-state index is -4.03. The number of piperidine rings is 2. The van der Waals surface area contributed by atoms with Crippen LogP contribution < -0.4 is 0 Å². The van der Waals surface area contributed by atoms with Crippen LogP contribution in [0.2, 0.25) is 0 Å². The van der Waals surface area contributed by atoms with Gasteiger partial charge in [0.05, 0.1) is 25.0 Å². The van der Waals surface area contributed by atoms with E-state index in [1.807, 2.05) is 0 Å². The van der Waals surface area contributed by atoms with Crippen molar-refractivity contribution in [2.75, 3.05) is 39.4 Å². The molecule has 2 fully saturated rings. The van der Waals surface area contributed by atoms with Crippen molar-refractivity contribution < 1.29 is 32.3 Å². The molecule has 35 heavy (non-hydrogen) atoms. The summed E-state index contributed by atoms with van der Waals surface area (Å²) in [6.45, 7) is 8.54. The molecular weight excluding hydrogens is 474 g/mol. The number of hydrogen-bond donors (Lipinski definition) is 0. The van der Waals surface area contributed by atoms with E-state index in [9.17, 15) is 22.8 Å². The van der Waals surface area contributed by atoms with Gasteiger partial charge in [-0.2, -0.15) is 4.31 Å². The highest BCUT2D eigenvalue weighted by Gasteiger charge is 2.40. The first-order valence-corrected chi connectivity index (χ1v) is 13.8. The zero-order valence-electron chi connectivity index (χ0n) is 21.3. The van der Waals surface area contributed by atoms with Crippen molar-refractivity contribution in [3.63, 3.8) is 0 Å². The average Bonchev–Trinajstić information content (AvgIpc) is 3.08. The van der Waals surface area contributed by atoms with Gasteiger partial charge in [-0.1, -0.05) is 0 Å². The highest BCUT2D eigenvalue weighted by Crippen LogP contribution is 2.33. The van der Waals surface area contributed by atoms with Crippen LogP contribution in [-0.2, 0) is 36.1 Å². The predicted octanol–water partition coefficient (Wildman–Crippen LogP) is 2.02. The lowest BCUT2D eigenvalue weighted by molar-refractivity contribution is -0.152. The maximum absolute atomic E-state index is 13.8. The Kier molecular flexibility index (Phi) is 8.63. The normalized spacial score (nSPS) is 20.0. The maximum Gasteiger partial charge on any atom is 0.341 e. The van der Waals surface area contributed by atoms with Gasteiger partial charge in [0.25, 0.3) is 0 Å². The van der Waals surface area contributed by atoms with Gasteiger partial charge in [-0.15, -0.1) is 0 Å². The smallest absolute Gasteiger partial charge is 0.341 e. The van der Waals surface area contributed by atoms with Crippen LogP contribution in [0.4, 0.5) is 0 Å². The molecule has 2 aliphatic heterocycles. The molecule has 0 bridgehead atoms. The second-order valence-electron chi connectivity index (χ2n) is 9.21. The van der Waals surface area contributed by atoms with Gasteiger partial charge in [-0.3, -0.25) is 9.59 Å². The van der Waals surface area contributed by atoms with Gasteiger partial charge in [0, 0.05) is 44.6 Å². The third-order valence-corrected chi connectivity index (χ3v) is 9.19. The van der Waals surface area contributed by atoms with Crippen LogP contribution in [0.25, 0.3) is 0 Å². The van der Waals surface area contributed by atoms with E-state index in [0.29, 0.717) is 56.8 Å². The Morgan fingerprint density at radius 1 is 0.914 bits per heavy atom. The molecule has 0 aliphatic carbocycles. The number of carbonyl (C=O) groups excluding carboxylic acids is 3. The third-order valence-electron chi connectivity index (χ3n) is 7.16. The lowest BCUT2D eigenvalue weighted by Crippen LogP contribution is -2.49.